The second-order valence-electron chi connectivity index (χ2n) is 36.3. The van der Waals surface area contributed by atoms with E-state index in [0.717, 1.165) is 10.9 Å². The van der Waals surface area contributed by atoms with Gasteiger partial charge < -0.3 is 126 Å². The van der Waals surface area contributed by atoms with Crippen LogP contribution in [0.15, 0.2) is 97.6 Å². The Morgan fingerprint density at radius 1 is 0.390 bits per heavy atom. The Hall–Kier alpha value is -14.1. The number of fused-ring (bicyclic) bond motifs is 1. The first-order chi connectivity index (χ1) is 66.5. The molecule has 17 atom stereocenters. The number of nitrogens with two attached hydrogens (primary N) is 1. The highest BCUT2D eigenvalue weighted by molar-refractivity contribution is 7.98. The number of hydrogen-bond acceptors (Lipinski definition) is 24. The van der Waals surface area contributed by atoms with Crippen LogP contribution in [0.4, 0.5) is 0 Å². The van der Waals surface area contributed by atoms with Crippen LogP contribution < -0.4 is 90.8 Å². The molecule has 45 nitrogen and oxygen atoms in total. The normalized spacial score (nSPS) is 14.9. The number of carbonyl (C=O) groups excluding carboxylic acids is 16. The molecule has 2 aromatic heterocycles. The van der Waals surface area contributed by atoms with Crippen LogP contribution in [0.1, 0.15) is 183 Å². The molecular weight excluding hydrogens is 1850 g/mol. The third-order valence-corrected chi connectivity index (χ3v) is 23.5. The van der Waals surface area contributed by atoms with Crippen LogP contribution in [-0.2, 0) is 122 Å². The summed E-state index contributed by atoms with van der Waals surface area (Å²) in [6.45, 7) is 20.2. The third kappa shape index (κ3) is 40.3. The lowest BCUT2D eigenvalue weighted by molar-refractivity contribution is -0.143. The molecule has 3 aromatic carbocycles. The number of aromatic nitrogens is 3. The Labute approximate surface area is 821 Å². The van der Waals surface area contributed by atoms with Crippen molar-refractivity contribution in [1.82, 2.24) is 100 Å². The Balaban J connectivity index is 1.35. The molecule has 46 heteroatoms. The maximum Gasteiger partial charge on any atom is 0.326 e. The van der Waals surface area contributed by atoms with E-state index >= 15 is 4.79 Å². The van der Waals surface area contributed by atoms with E-state index in [2.05, 4.69) is 100 Å². The number of aromatic hydroxyl groups is 1. The predicted octanol–water partition coefficient (Wildman–Crippen LogP) is -0.0851. The fourth-order valence-corrected chi connectivity index (χ4v) is 15.4. The number of rotatable bonds is 62. The molecular formula is C95H138N20O25S. The number of nitrogens with zero attached hydrogens (tertiary/aromatic N) is 1. The quantitative estimate of drug-likeness (QED) is 0.0226. The van der Waals surface area contributed by atoms with E-state index in [9.17, 15) is 117 Å². The molecule has 0 aliphatic heterocycles. The summed E-state index contributed by atoms with van der Waals surface area (Å²) in [5.41, 5.74) is 8.11. The summed E-state index contributed by atoms with van der Waals surface area (Å²) in [6.07, 6.45) is 1.88. The van der Waals surface area contributed by atoms with Crippen molar-refractivity contribution >= 4 is 141 Å². The monoisotopic (exact) mass is 1990 g/mol. The number of carbonyl (C=O) groups is 20. The van der Waals surface area contributed by atoms with Gasteiger partial charge in [0.15, 0.2) is 0 Å². The van der Waals surface area contributed by atoms with E-state index in [-0.39, 0.29) is 94.5 Å². The number of para-hydroxylation sites is 1. The summed E-state index contributed by atoms with van der Waals surface area (Å²) in [5, 5.41) is 91.7. The van der Waals surface area contributed by atoms with Gasteiger partial charge in [-0.15, -0.1) is 0 Å². The number of unbranched alkanes of at least 4 members (excludes halogenated alkanes) is 1. The molecule has 0 aliphatic rings. The number of phenolic OH excluding ortho intramolecular Hbond substituents is 1. The Bertz CT molecular complexity index is 5100. The van der Waals surface area contributed by atoms with E-state index in [1.165, 1.54) is 83.2 Å². The van der Waals surface area contributed by atoms with Crippen molar-refractivity contribution in [2.45, 2.75) is 283 Å². The van der Waals surface area contributed by atoms with Crippen LogP contribution in [0.25, 0.3) is 10.9 Å². The number of hydrogen-bond donors (Lipinski definition) is 24. The van der Waals surface area contributed by atoms with Gasteiger partial charge in [-0.25, -0.2) is 9.78 Å². The van der Waals surface area contributed by atoms with Crippen LogP contribution in [0.3, 0.4) is 0 Å². The molecule has 774 valence electrons. The van der Waals surface area contributed by atoms with Gasteiger partial charge in [-0.1, -0.05) is 136 Å². The lowest BCUT2D eigenvalue weighted by Crippen LogP contribution is -2.62. The molecule has 0 aliphatic carbocycles. The van der Waals surface area contributed by atoms with Gasteiger partial charge in [0.05, 0.1) is 24.9 Å². The number of imidazole rings is 1. The van der Waals surface area contributed by atoms with Crippen molar-refractivity contribution in [3.8, 4) is 5.75 Å². The average Bonchev–Trinajstić information content (AvgIpc) is 1.76. The Kier molecular flexibility index (Phi) is 48.9. The SMILES string of the molecule is CC[C@H](C)[C@H](NC(=O)[C@H](CC(=O)O)NC(=O)[C@H](CC(C)C)NC(=O)[C@H](Cc1c[nH]cn1)NC(=O)[C@H](C)NC(=O)[C@H](Cc1ccccc1)NC(=O)[C@H](Cc1ccc(O)cc1)NC(=O)[C@@H](NC(=O)[C@H](C)NC(=O)[C@H](CCC(=O)O)NC(=O)[C@H](CCCCN)NC(=O)[C@H](CC(=O)O)NC(=O)[C@H](CCSC)NC(=O)[C@H](CC(C)C)NC(C)=O)C(C)C)C(=O)N[C@H](C(=O)N[C@@H](Cc1c[nH]c2ccccc12)C(=O)O)C(C)C. The molecule has 0 unspecified atom stereocenters. The number of benzene rings is 3. The van der Waals surface area contributed by atoms with Gasteiger partial charge in [-0.2, -0.15) is 11.8 Å². The smallest absolute Gasteiger partial charge is 0.326 e. The van der Waals surface area contributed by atoms with Gasteiger partial charge in [-0.3, -0.25) is 91.1 Å². The molecule has 141 heavy (non-hydrogen) atoms. The highest BCUT2D eigenvalue weighted by Crippen LogP contribution is 2.22. The van der Waals surface area contributed by atoms with E-state index < -0.39 is 264 Å². The Morgan fingerprint density at radius 2 is 0.787 bits per heavy atom. The van der Waals surface area contributed by atoms with Crippen LogP contribution in [-0.4, -0.2) is 274 Å². The lowest BCUT2D eigenvalue weighted by Gasteiger charge is -2.30. The number of aliphatic carboxylic acids is 4. The number of aromatic amines is 2. The number of carboxylic acid groups (broad SMARTS) is 4. The first kappa shape index (κ1) is 117. The molecule has 0 fully saturated rings. The maximum atomic E-state index is 15.1. The van der Waals surface area contributed by atoms with Crippen molar-refractivity contribution in [2.75, 3.05) is 18.6 Å². The fourth-order valence-electron chi connectivity index (χ4n) is 14.9. The van der Waals surface area contributed by atoms with Crippen LogP contribution in [0.2, 0.25) is 0 Å². The summed E-state index contributed by atoms with van der Waals surface area (Å²) in [4.78, 5) is 288. The second kappa shape index (κ2) is 58.7. The summed E-state index contributed by atoms with van der Waals surface area (Å²) in [7, 11) is 0. The van der Waals surface area contributed by atoms with E-state index in [4.69, 9.17) is 5.73 Å². The van der Waals surface area contributed by atoms with Crippen molar-refractivity contribution < 1.29 is 121 Å². The third-order valence-electron chi connectivity index (χ3n) is 22.9. The number of thioether (sulfide) groups is 1. The molecule has 25 N–H and O–H groups in total. The lowest BCUT2D eigenvalue weighted by atomic mass is 9.95. The van der Waals surface area contributed by atoms with Crippen LogP contribution in [0.5, 0.6) is 5.75 Å². The number of nitrogens with one attached hydrogen (secondary N) is 18. The van der Waals surface area contributed by atoms with Crippen molar-refractivity contribution in [1.29, 1.82) is 0 Å². The average molecular weight is 1990 g/mol. The maximum absolute atomic E-state index is 15.1. The van der Waals surface area contributed by atoms with E-state index in [1.54, 1.807) is 122 Å². The molecule has 0 saturated carbocycles. The van der Waals surface area contributed by atoms with Gasteiger partial charge in [0.25, 0.3) is 0 Å². The molecule has 0 spiro atoms. The van der Waals surface area contributed by atoms with Crippen molar-refractivity contribution in [3.63, 3.8) is 0 Å². The standard InChI is InChI=1S/C95H138N20O25S/c1-15-52(10)79(94(138)114-78(51(8)9)93(137)112-73(95(139)140)41-58-45-98-62-26-20-19-25-61(58)62)115-91(135)72(44-76(122)123)110-87(131)67(38-49(4)5)107-89(133)70(42-59-46-97-47-99-59)106-80(124)53(11)101-85(129)68(39-56-23-17-16-18-24-56)108-88(132)69(40-57-28-30-60(117)31-29-57)111-92(136)77(50(6)7)113-81(125)54(12)100-82(126)64(32-33-74(118)119)104-83(127)63(27-21-22-35-96)103-90(134)71(43-75(120)121)109-84(128)65(34-36-141-14)105-86(130)66(37-48(2)3)102-55(13)116/h16-20,23-26,28-31,45-54,63-73,77-79,98,117H,15,21-22,27,32-44,96H2,1-14H3,(H,97,99)(H,100,126)(H,101,129)(H,102,116)(H,103,134)(H,104,127)(H,105,130)(H,106,124)(H,107,133)(H,108,132)(H,109,128)(H,110,131)(H,111,136)(H,112,137)(H,113,125)(H,114,138)(H,115,135)(H,118,119)(H,120,121)(H,122,123)(H,139,140)/t52-,53-,54-,63-,64-,65-,66-,67-,68-,69-,70-,71-,72-,73-,77-,78-,79-/m0/s1. The van der Waals surface area contributed by atoms with Gasteiger partial charge in [0.2, 0.25) is 94.5 Å². The minimum atomic E-state index is -1.92. The fraction of sp³-hybridized carbons (Fsp3) is 0.547. The molecule has 5 rings (SSSR count). The molecule has 5 aromatic rings. The summed E-state index contributed by atoms with van der Waals surface area (Å²) in [5.74, 6) is -24.3. The zero-order chi connectivity index (χ0) is 105. The predicted molar refractivity (Wildman–Crippen MR) is 517 cm³/mol. The molecule has 2 heterocycles. The molecule has 0 radical (unpaired) electrons. The Morgan fingerprint density at radius 3 is 1.27 bits per heavy atom. The highest BCUT2D eigenvalue weighted by atomic mass is 32.2. The van der Waals surface area contributed by atoms with Gasteiger partial charge in [0, 0.05) is 62.3 Å². The molecule has 16 amide bonds. The zero-order valence-electron chi connectivity index (χ0n) is 81.7. The van der Waals surface area contributed by atoms with Crippen molar-refractivity contribution in [2.24, 2.45) is 35.3 Å². The van der Waals surface area contributed by atoms with E-state index in [0.29, 0.717) is 22.4 Å². The van der Waals surface area contributed by atoms with Gasteiger partial charge >= 0.3 is 23.9 Å². The zero-order valence-corrected chi connectivity index (χ0v) is 82.5. The first-order valence-corrected chi connectivity index (χ1v) is 48.2. The minimum Gasteiger partial charge on any atom is -0.508 e. The number of H-pyrrole nitrogens is 2. The highest BCUT2D eigenvalue weighted by Gasteiger charge is 2.42. The number of amides is 16. The summed E-state index contributed by atoms with van der Waals surface area (Å²) in [6, 6.07) is -4.26. The van der Waals surface area contributed by atoms with Crippen LogP contribution >= 0.6 is 11.8 Å². The topological polar surface area (TPSA) is 706 Å². The van der Waals surface area contributed by atoms with Gasteiger partial charge in [-0.05, 0) is 142 Å². The summed E-state index contributed by atoms with van der Waals surface area (Å²) < 4.78 is 0. The number of carboxylic acids is 4. The molecule has 0 saturated heterocycles. The van der Waals surface area contributed by atoms with Gasteiger partial charge in [0.1, 0.15) is 102 Å². The largest absolute Gasteiger partial charge is 0.508 e. The summed E-state index contributed by atoms with van der Waals surface area (Å²) >= 11 is 1.30. The van der Waals surface area contributed by atoms with E-state index in [1.807, 2.05) is 0 Å². The first-order valence-electron chi connectivity index (χ1n) is 46.8. The number of phenols is 1. The van der Waals surface area contributed by atoms with Crippen LogP contribution in [0, 0.1) is 29.6 Å². The van der Waals surface area contributed by atoms with Crippen molar-refractivity contribution in [3.05, 3.63) is 120 Å². The second-order valence-corrected chi connectivity index (χ2v) is 37.3. The molecule has 0 bridgehead atoms. The minimum absolute atomic E-state index is 0.0148.